The van der Waals surface area contributed by atoms with Crippen molar-refractivity contribution in [1.82, 2.24) is 0 Å². The van der Waals surface area contributed by atoms with Crippen LogP contribution in [0.5, 0.6) is 0 Å². The van der Waals surface area contributed by atoms with Crippen LogP contribution in [0.25, 0.3) is 0 Å². The summed E-state index contributed by atoms with van der Waals surface area (Å²) in [4.78, 5) is 0. The van der Waals surface area contributed by atoms with E-state index in [0.717, 1.165) is 10.0 Å². The highest BCUT2D eigenvalue weighted by Crippen LogP contribution is 2.27. The summed E-state index contributed by atoms with van der Waals surface area (Å²) in [6.07, 6.45) is -0.803. The second kappa shape index (κ2) is 4.98. The van der Waals surface area contributed by atoms with E-state index in [4.69, 9.17) is 0 Å². The molecule has 3 heteroatoms. The molecule has 0 amide bonds. The zero-order valence-electron chi connectivity index (χ0n) is 9.32. The Labute approximate surface area is 108 Å². The maximum Gasteiger partial charge on any atom is 0.126 e. The van der Waals surface area contributed by atoms with Crippen molar-refractivity contribution in [2.75, 3.05) is 0 Å². The lowest BCUT2D eigenvalue weighted by Gasteiger charge is -2.14. The Morgan fingerprint density at radius 2 is 1.88 bits per heavy atom. The monoisotopic (exact) mass is 294 g/mol. The molecule has 1 N–H and O–H groups in total. The number of halogens is 2. The molecule has 0 aliphatic rings. The van der Waals surface area contributed by atoms with Crippen molar-refractivity contribution in [2.24, 2.45) is 0 Å². The molecule has 2 aromatic rings. The van der Waals surface area contributed by atoms with Gasteiger partial charge in [-0.3, -0.25) is 0 Å². The molecule has 2 aromatic carbocycles. The van der Waals surface area contributed by atoms with E-state index in [2.05, 4.69) is 15.9 Å². The van der Waals surface area contributed by atoms with Crippen LogP contribution in [0.3, 0.4) is 0 Å². The molecule has 2 rings (SSSR count). The molecule has 1 nitrogen and oxygen atoms in total. The van der Waals surface area contributed by atoms with E-state index in [9.17, 15) is 9.50 Å². The van der Waals surface area contributed by atoms with Crippen molar-refractivity contribution in [3.8, 4) is 0 Å². The highest BCUT2D eigenvalue weighted by Gasteiger charge is 2.14. The van der Waals surface area contributed by atoms with Gasteiger partial charge in [-0.15, -0.1) is 0 Å². The normalized spacial score (nSPS) is 12.5. The fourth-order valence-corrected chi connectivity index (χ4v) is 2.19. The van der Waals surface area contributed by atoms with E-state index in [0.29, 0.717) is 11.1 Å². The highest BCUT2D eigenvalue weighted by atomic mass is 79.9. The van der Waals surface area contributed by atoms with E-state index in [-0.39, 0.29) is 5.82 Å². The minimum atomic E-state index is -0.803. The summed E-state index contributed by atoms with van der Waals surface area (Å²) in [5.74, 6) is -0.295. The minimum absolute atomic E-state index is 0.295. The van der Waals surface area contributed by atoms with Gasteiger partial charge in [0.1, 0.15) is 11.9 Å². The summed E-state index contributed by atoms with van der Waals surface area (Å²) >= 11 is 3.35. The molecular formula is C14H12BrFO. The van der Waals surface area contributed by atoms with Gasteiger partial charge in [-0.1, -0.05) is 40.2 Å². The predicted octanol–water partition coefficient (Wildman–Crippen LogP) is 3.98. The Hall–Kier alpha value is -1.19. The van der Waals surface area contributed by atoms with Gasteiger partial charge in [0, 0.05) is 4.47 Å². The Balaban J connectivity index is 2.44. The van der Waals surface area contributed by atoms with Crippen LogP contribution >= 0.6 is 15.9 Å². The first kappa shape index (κ1) is 12.3. The Morgan fingerprint density at radius 3 is 2.59 bits per heavy atom. The van der Waals surface area contributed by atoms with E-state index in [1.807, 2.05) is 24.3 Å². The molecule has 0 saturated carbocycles. The van der Waals surface area contributed by atoms with Gasteiger partial charge in [-0.05, 0) is 41.8 Å². The summed E-state index contributed by atoms with van der Waals surface area (Å²) < 4.78 is 14.3. The molecule has 0 aliphatic carbocycles. The lowest BCUT2D eigenvalue weighted by molar-refractivity contribution is 0.219. The molecule has 0 spiro atoms. The Bertz CT molecular complexity index is 539. The molecule has 0 fully saturated rings. The molecule has 0 aliphatic heterocycles. The number of hydrogen-bond donors (Lipinski definition) is 1. The largest absolute Gasteiger partial charge is 0.384 e. The number of benzene rings is 2. The number of aliphatic hydroxyl groups excluding tert-OH is 1. The fraction of sp³-hybridized carbons (Fsp3) is 0.143. The standard InChI is InChI=1S/C14H12BrFO/c1-9-12(6-3-7-13(9)16)14(17)10-4-2-5-11(15)8-10/h2-8,14,17H,1H3. The van der Waals surface area contributed by atoms with Crippen molar-refractivity contribution in [3.05, 3.63) is 69.4 Å². The van der Waals surface area contributed by atoms with Crippen LogP contribution in [-0.2, 0) is 0 Å². The second-order valence-electron chi connectivity index (χ2n) is 3.91. The highest BCUT2D eigenvalue weighted by molar-refractivity contribution is 9.10. The second-order valence-corrected chi connectivity index (χ2v) is 4.83. The van der Waals surface area contributed by atoms with Crippen LogP contribution in [0.1, 0.15) is 22.8 Å². The zero-order valence-corrected chi connectivity index (χ0v) is 10.9. The third-order valence-corrected chi connectivity index (χ3v) is 3.26. The van der Waals surface area contributed by atoms with E-state index in [1.165, 1.54) is 6.07 Å². The summed E-state index contributed by atoms with van der Waals surface area (Å²) in [7, 11) is 0. The summed E-state index contributed by atoms with van der Waals surface area (Å²) in [6.45, 7) is 1.67. The van der Waals surface area contributed by atoms with Crippen molar-refractivity contribution >= 4 is 15.9 Å². The summed E-state index contributed by atoms with van der Waals surface area (Å²) in [5, 5.41) is 10.2. The molecular weight excluding hydrogens is 283 g/mol. The average Bonchev–Trinajstić information content (AvgIpc) is 2.32. The molecule has 88 valence electrons. The number of aliphatic hydroxyl groups is 1. The first-order valence-corrected chi connectivity index (χ1v) is 6.07. The summed E-state index contributed by atoms with van der Waals surface area (Å²) in [5.41, 5.74) is 1.83. The quantitative estimate of drug-likeness (QED) is 0.888. The predicted molar refractivity (Wildman–Crippen MR) is 69.3 cm³/mol. The van der Waals surface area contributed by atoms with E-state index >= 15 is 0 Å². The summed E-state index contributed by atoms with van der Waals surface area (Å²) in [6, 6.07) is 12.1. The molecule has 0 aromatic heterocycles. The maximum atomic E-state index is 13.4. The minimum Gasteiger partial charge on any atom is -0.384 e. The van der Waals surface area contributed by atoms with E-state index < -0.39 is 6.10 Å². The molecule has 0 radical (unpaired) electrons. The SMILES string of the molecule is Cc1c(F)cccc1C(O)c1cccc(Br)c1. The lowest BCUT2D eigenvalue weighted by Crippen LogP contribution is -2.03. The molecule has 0 heterocycles. The van der Waals surface area contributed by atoms with Gasteiger partial charge in [0.2, 0.25) is 0 Å². The van der Waals surface area contributed by atoms with Crippen molar-refractivity contribution < 1.29 is 9.50 Å². The van der Waals surface area contributed by atoms with Crippen LogP contribution in [0.2, 0.25) is 0 Å². The third-order valence-electron chi connectivity index (χ3n) is 2.77. The maximum absolute atomic E-state index is 13.4. The van der Waals surface area contributed by atoms with Crippen LogP contribution < -0.4 is 0 Å². The smallest absolute Gasteiger partial charge is 0.126 e. The van der Waals surface area contributed by atoms with Gasteiger partial charge in [-0.25, -0.2) is 4.39 Å². The van der Waals surface area contributed by atoms with E-state index in [1.54, 1.807) is 19.1 Å². The van der Waals surface area contributed by atoms with Gasteiger partial charge in [0.05, 0.1) is 0 Å². The van der Waals surface area contributed by atoms with Crippen LogP contribution in [0.4, 0.5) is 4.39 Å². The number of hydrogen-bond acceptors (Lipinski definition) is 1. The number of rotatable bonds is 2. The zero-order chi connectivity index (χ0) is 12.4. The van der Waals surface area contributed by atoms with Crippen molar-refractivity contribution in [1.29, 1.82) is 0 Å². The van der Waals surface area contributed by atoms with Gasteiger partial charge in [0.25, 0.3) is 0 Å². The molecule has 0 saturated heterocycles. The van der Waals surface area contributed by atoms with Crippen LogP contribution in [-0.4, -0.2) is 5.11 Å². The molecule has 0 bridgehead atoms. The lowest BCUT2D eigenvalue weighted by atomic mass is 9.97. The van der Waals surface area contributed by atoms with Crippen molar-refractivity contribution in [2.45, 2.75) is 13.0 Å². The van der Waals surface area contributed by atoms with Gasteiger partial charge >= 0.3 is 0 Å². The topological polar surface area (TPSA) is 20.2 Å². The van der Waals surface area contributed by atoms with Gasteiger partial charge < -0.3 is 5.11 Å². The fourth-order valence-electron chi connectivity index (χ4n) is 1.78. The Morgan fingerprint density at radius 1 is 1.18 bits per heavy atom. The van der Waals surface area contributed by atoms with Crippen LogP contribution in [0.15, 0.2) is 46.9 Å². The van der Waals surface area contributed by atoms with Gasteiger partial charge in [-0.2, -0.15) is 0 Å². The van der Waals surface area contributed by atoms with Crippen molar-refractivity contribution in [3.63, 3.8) is 0 Å². The first-order valence-electron chi connectivity index (χ1n) is 5.28. The van der Waals surface area contributed by atoms with Crippen LogP contribution in [0, 0.1) is 12.7 Å². The first-order chi connectivity index (χ1) is 8.09. The van der Waals surface area contributed by atoms with Gasteiger partial charge in [0.15, 0.2) is 0 Å². The molecule has 17 heavy (non-hydrogen) atoms. The molecule has 1 unspecified atom stereocenters. The Kier molecular flexibility index (Phi) is 3.60. The molecule has 1 atom stereocenters. The third kappa shape index (κ3) is 2.56. The average molecular weight is 295 g/mol.